The summed E-state index contributed by atoms with van der Waals surface area (Å²) < 4.78 is 28.0. The average Bonchev–Trinajstić information content (AvgIpc) is 3.03. The zero-order valence-corrected chi connectivity index (χ0v) is 13.9. The Labute approximate surface area is 140 Å². The number of nitriles is 1. The van der Waals surface area contributed by atoms with Gasteiger partial charge in [0.2, 0.25) is 10.0 Å². The lowest BCUT2D eigenvalue weighted by Gasteiger charge is -2.31. The molecule has 1 N–H and O–H groups in total. The van der Waals surface area contributed by atoms with E-state index in [0.29, 0.717) is 31.7 Å². The van der Waals surface area contributed by atoms with Crippen molar-refractivity contribution in [1.29, 1.82) is 5.26 Å². The minimum Gasteiger partial charge on any atom is -0.365 e. The van der Waals surface area contributed by atoms with E-state index in [4.69, 9.17) is 5.26 Å². The van der Waals surface area contributed by atoms with Crippen molar-refractivity contribution in [3.8, 4) is 6.07 Å². The maximum Gasteiger partial charge on any atom is 0.246 e. The molecule has 0 unspecified atom stereocenters. The van der Waals surface area contributed by atoms with Gasteiger partial charge in [0.25, 0.3) is 0 Å². The summed E-state index contributed by atoms with van der Waals surface area (Å²) in [5, 5.41) is 16.1. The van der Waals surface area contributed by atoms with Gasteiger partial charge in [-0.2, -0.15) is 14.7 Å². The van der Waals surface area contributed by atoms with E-state index in [9.17, 15) is 8.42 Å². The van der Waals surface area contributed by atoms with Crippen molar-refractivity contribution in [3.63, 3.8) is 0 Å². The quantitative estimate of drug-likeness (QED) is 0.848. The zero-order chi connectivity index (χ0) is 17.2. The lowest BCUT2D eigenvalue weighted by molar-refractivity contribution is 0.329. The largest absolute Gasteiger partial charge is 0.365 e. The Hall–Kier alpha value is -2.51. The fourth-order valence-electron chi connectivity index (χ4n) is 2.64. The predicted molar refractivity (Wildman–Crippen MR) is 85.4 cm³/mol. The highest BCUT2D eigenvalue weighted by Crippen LogP contribution is 2.22. The maximum atomic E-state index is 12.6. The fraction of sp³-hybridized carbons (Fsp3) is 0.429. The second kappa shape index (κ2) is 6.54. The molecule has 0 amide bonds. The van der Waals surface area contributed by atoms with Gasteiger partial charge < -0.3 is 5.32 Å². The lowest BCUT2D eigenvalue weighted by Crippen LogP contribution is -2.42. The van der Waals surface area contributed by atoms with Crippen LogP contribution in [-0.2, 0) is 17.1 Å². The summed E-state index contributed by atoms with van der Waals surface area (Å²) >= 11 is 0. The van der Waals surface area contributed by atoms with E-state index in [2.05, 4.69) is 20.4 Å². The first kappa shape index (κ1) is 16.4. The zero-order valence-electron chi connectivity index (χ0n) is 13.1. The van der Waals surface area contributed by atoms with Gasteiger partial charge >= 0.3 is 0 Å². The molecule has 3 heterocycles. The van der Waals surface area contributed by atoms with Gasteiger partial charge in [-0.1, -0.05) is 0 Å². The predicted octanol–water partition coefficient (Wildman–Crippen LogP) is 0.347. The second-order valence-corrected chi connectivity index (χ2v) is 7.48. The van der Waals surface area contributed by atoms with Crippen molar-refractivity contribution in [3.05, 3.63) is 30.5 Å². The molecule has 1 aliphatic rings. The SMILES string of the molecule is Cn1cc(S(=O)(=O)N2CCC(Nc3nccnc3C#N)CC2)cn1. The third-order valence-corrected chi connectivity index (χ3v) is 5.77. The molecule has 2 aromatic heterocycles. The molecule has 126 valence electrons. The van der Waals surface area contributed by atoms with Crippen molar-refractivity contribution in [2.24, 2.45) is 7.05 Å². The van der Waals surface area contributed by atoms with Gasteiger partial charge in [0.15, 0.2) is 11.5 Å². The molecule has 0 spiro atoms. The third kappa shape index (κ3) is 3.22. The van der Waals surface area contributed by atoms with E-state index < -0.39 is 10.0 Å². The first-order valence-electron chi connectivity index (χ1n) is 7.47. The van der Waals surface area contributed by atoms with Gasteiger partial charge in [0, 0.05) is 44.8 Å². The Kier molecular flexibility index (Phi) is 4.46. The number of nitrogens with one attached hydrogen (secondary N) is 1. The minimum atomic E-state index is -3.51. The van der Waals surface area contributed by atoms with Gasteiger partial charge in [-0.05, 0) is 12.8 Å². The molecule has 1 saturated heterocycles. The molecule has 0 atom stereocenters. The summed E-state index contributed by atoms with van der Waals surface area (Å²) in [6.07, 6.45) is 7.09. The Morgan fingerprint density at radius 1 is 1.29 bits per heavy atom. The monoisotopic (exact) mass is 347 g/mol. The highest BCUT2D eigenvalue weighted by molar-refractivity contribution is 7.89. The molecule has 0 aromatic carbocycles. The van der Waals surface area contributed by atoms with Crippen LogP contribution in [0.2, 0.25) is 0 Å². The molecule has 0 saturated carbocycles. The van der Waals surface area contributed by atoms with Crippen LogP contribution in [0, 0.1) is 11.3 Å². The van der Waals surface area contributed by atoms with Gasteiger partial charge in [0.1, 0.15) is 11.0 Å². The normalized spacial score (nSPS) is 16.7. The molecule has 0 aliphatic carbocycles. The smallest absolute Gasteiger partial charge is 0.246 e. The summed E-state index contributed by atoms with van der Waals surface area (Å²) in [6.45, 7) is 0.800. The summed E-state index contributed by atoms with van der Waals surface area (Å²) in [6, 6.07) is 2.04. The van der Waals surface area contributed by atoms with Crippen LogP contribution in [0.4, 0.5) is 5.82 Å². The third-order valence-electron chi connectivity index (χ3n) is 3.92. The van der Waals surface area contributed by atoms with Crippen molar-refractivity contribution < 1.29 is 8.42 Å². The second-order valence-electron chi connectivity index (χ2n) is 5.54. The molecular weight excluding hydrogens is 330 g/mol. The Balaban J connectivity index is 1.65. The van der Waals surface area contributed by atoms with Crippen molar-refractivity contribution in [2.45, 2.75) is 23.8 Å². The van der Waals surface area contributed by atoms with E-state index in [-0.39, 0.29) is 16.6 Å². The molecule has 24 heavy (non-hydrogen) atoms. The van der Waals surface area contributed by atoms with Crippen LogP contribution in [0.15, 0.2) is 29.7 Å². The van der Waals surface area contributed by atoms with Crippen LogP contribution >= 0.6 is 0 Å². The Bertz CT molecular complexity index is 863. The van der Waals surface area contributed by atoms with E-state index in [1.807, 2.05) is 6.07 Å². The van der Waals surface area contributed by atoms with Crippen molar-refractivity contribution in [2.75, 3.05) is 18.4 Å². The maximum absolute atomic E-state index is 12.6. The molecule has 9 nitrogen and oxygen atoms in total. The summed E-state index contributed by atoms with van der Waals surface area (Å²) in [7, 11) is -1.83. The van der Waals surface area contributed by atoms with Gasteiger partial charge in [-0.15, -0.1) is 0 Å². The standard InChI is InChI=1S/C14H17N7O2S/c1-20-10-12(9-18-20)24(22,23)21-6-2-11(3-7-21)19-14-13(8-15)16-4-5-17-14/h4-5,9-11H,2-3,6-7H2,1H3,(H,17,19). The topological polar surface area (TPSA) is 117 Å². The minimum absolute atomic E-state index is 0.0501. The van der Waals surface area contributed by atoms with Gasteiger partial charge in [-0.3, -0.25) is 4.68 Å². The summed E-state index contributed by atoms with van der Waals surface area (Å²) in [5.41, 5.74) is 0.239. The van der Waals surface area contributed by atoms with E-state index in [0.717, 1.165) is 0 Å². The molecule has 0 bridgehead atoms. The first-order valence-corrected chi connectivity index (χ1v) is 8.91. The van der Waals surface area contributed by atoms with E-state index >= 15 is 0 Å². The number of sulfonamides is 1. The molecule has 10 heteroatoms. The fourth-order valence-corrected chi connectivity index (χ4v) is 4.10. The van der Waals surface area contributed by atoms with Crippen molar-refractivity contribution in [1.82, 2.24) is 24.1 Å². The number of aromatic nitrogens is 4. The molecule has 1 fully saturated rings. The van der Waals surface area contributed by atoms with Crippen LogP contribution in [-0.4, -0.2) is 51.6 Å². The van der Waals surface area contributed by atoms with Gasteiger partial charge in [-0.25, -0.2) is 18.4 Å². The van der Waals surface area contributed by atoms with Crippen LogP contribution in [0.5, 0.6) is 0 Å². The van der Waals surface area contributed by atoms with Crippen LogP contribution < -0.4 is 5.32 Å². The highest BCUT2D eigenvalue weighted by atomic mass is 32.2. The summed E-state index contributed by atoms with van der Waals surface area (Å²) in [5.74, 6) is 0.438. The molecular formula is C14H17N7O2S. The number of nitrogens with zero attached hydrogens (tertiary/aromatic N) is 6. The highest BCUT2D eigenvalue weighted by Gasteiger charge is 2.30. The van der Waals surface area contributed by atoms with Crippen LogP contribution in [0.1, 0.15) is 18.5 Å². The van der Waals surface area contributed by atoms with E-state index in [1.54, 1.807) is 7.05 Å². The van der Waals surface area contributed by atoms with Crippen molar-refractivity contribution >= 4 is 15.8 Å². The average molecular weight is 347 g/mol. The molecule has 3 rings (SSSR count). The Morgan fingerprint density at radius 2 is 2.00 bits per heavy atom. The number of rotatable bonds is 4. The molecule has 2 aromatic rings. The van der Waals surface area contributed by atoms with Crippen LogP contribution in [0.25, 0.3) is 0 Å². The van der Waals surface area contributed by atoms with E-state index in [1.165, 1.54) is 33.8 Å². The summed E-state index contributed by atoms with van der Waals surface area (Å²) in [4.78, 5) is 8.29. The lowest BCUT2D eigenvalue weighted by atomic mass is 10.1. The number of hydrogen-bond donors (Lipinski definition) is 1. The first-order chi connectivity index (χ1) is 11.5. The van der Waals surface area contributed by atoms with Gasteiger partial charge in [0.05, 0.1) is 6.20 Å². The number of anilines is 1. The molecule has 1 aliphatic heterocycles. The Morgan fingerprint density at radius 3 is 2.62 bits per heavy atom. The van der Waals surface area contributed by atoms with Crippen LogP contribution in [0.3, 0.4) is 0 Å². The molecule has 0 radical (unpaired) electrons. The number of piperidine rings is 1. The number of hydrogen-bond acceptors (Lipinski definition) is 7. The number of aryl methyl sites for hydroxylation is 1.